The molecule has 0 aliphatic rings. The SMILES string of the molecule is Cc1ccc2nc(CNC(=O)c3ccco3)cn2c1. The van der Waals surface area contributed by atoms with Crippen LogP contribution in [0.3, 0.4) is 0 Å². The first kappa shape index (κ1) is 11.5. The molecule has 96 valence electrons. The number of rotatable bonds is 3. The first-order valence-electron chi connectivity index (χ1n) is 5.98. The zero-order valence-corrected chi connectivity index (χ0v) is 10.5. The number of imidazole rings is 1. The molecule has 0 unspecified atom stereocenters. The lowest BCUT2D eigenvalue weighted by Crippen LogP contribution is -2.22. The Kier molecular flexibility index (Phi) is 2.79. The van der Waals surface area contributed by atoms with Crippen LogP contribution in [0.4, 0.5) is 0 Å². The summed E-state index contributed by atoms with van der Waals surface area (Å²) in [6, 6.07) is 7.27. The van der Waals surface area contributed by atoms with Crippen molar-refractivity contribution in [1.29, 1.82) is 0 Å². The van der Waals surface area contributed by atoms with Gasteiger partial charge in [0.25, 0.3) is 5.91 Å². The van der Waals surface area contributed by atoms with Gasteiger partial charge in [-0.1, -0.05) is 6.07 Å². The Morgan fingerprint density at radius 2 is 2.26 bits per heavy atom. The number of nitrogens with zero attached hydrogens (tertiary/aromatic N) is 2. The molecule has 0 fully saturated rings. The third-order valence-electron chi connectivity index (χ3n) is 2.82. The van der Waals surface area contributed by atoms with Crippen LogP contribution in [0.25, 0.3) is 5.65 Å². The van der Waals surface area contributed by atoms with Crippen LogP contribution >= 0.6 is 0 Å². The summed E-state index contributed by atoms with van der Waals surface area (Å²) in [6.07, 6.45) is 5.38. The molecule has 5 heteroatoms. The van der Waals surface area contributed by atoms with Gasteiger partial charge in [0.05, 0.1) is 18.5 Å². The van der Waals surface area contributed by atoms with E-state index in [1.165, 1.54) is 6.26 Å². The maximum Gasteiger partial charge on any atom is 0.287 e. The first-order chi connectivity index (χ1) is 9.22. The Hall–Kier alpha value is -2.56. The van der Waals surface area contributed by atoms with Gasteiger partial charge in [0.2, 0.25) is 0 Å². The third-order valence-corrected chi connectivity index (χ3v) is 2.82. The number of carbonyl (C=O) groups excluding carboxylic acids is 1. The van der Waals surface area contributed by atoms with Gasteiger partial charge in [0, 0.05) is 12.4 Å². The number of fused-ring (bicyclic) bond motifs is 1. The number of hydrogen-bond acceptors (Lipinski definition) is 3. The van der Waals surface area contributed by atoms with E-state index >= 15 is 0 Å². The van der Waals surface area contributed by atoms with Crippen molar-refractivity contribution in [2.75, 3.05) is 0 Å². The summed E-state index contributed by atoms with van der Waals surface area (Å²) in [5.74, 6) is 0.0674. The van der Waals surface area contributed by atoms with Crippen molar-refractivity contribution in [3.05, 3.63) is 59.9 Å². The summed E-state index contributed by atoms with van der Waals surface area (Å²) >= 11 is 0. The Morgan fingerprint density at radius 3 is 3.05 bits per heavy atom. The summed E-state index contributed by atoms with van der Waals surface area (Å²) in [7, 11) is 0. The molecule has 19 heavy (non-hydrogen) atoms. The van der Waals surface area contributed by atoms with Crippen LogP contribution in [0, 0.1) is 6.92 Å². The average molecular weight is 255 g/mol. The van der Waals surface area contributed by atoms with Crippen molar-refractivity contribution >= 4 is 11.6 Å². The predicted molar refractivity (Wildman–Crippen MR) is 69.8 cm³/mol. The number of hydrogen-bond donors (Lipinski definition) is 1. The van der Waals surface area contributed by atoms with E-state index in [9.17, 15) is 4.79 Å². The van der Waals surface area contributed by atoms with E-state index in [1.54, 1.807) is 12.1 Å². The van der Waals surface area contributed by atoms with Crippen molar-refractivity contribution in [1.82, 2.24) is 14.7 Å². The standard InChI is InChI=1S/C14H13N3O2/c1-10-4-5-13-16-11(9-17(13)8-10)7-15-14(18)12-3-2-6-19-12/h2-6,8-9H,7H2,1H3,(H,15,18). The Morgan fingerprint density at radius 1 is 1.37 bits per heavy atom. The summed E-state index contributed by atoms with van der Waals surface area (Å²) in [4.78, 5) is 16.1. The van der Waals surface area contributed by atoms with E-state index in [2.05, 4.69) is 10.3 Å². The van der Waals surface area contributed by atoms with Crippen molar-refractivity contribution < 1.29 is 9.21 Å². The highest BCUT2D eigenvalue weighted by molar-refractivity contribution is 5.91. The van der Waals surface area contributed by atoms with Gasteiger partial charge < -0.3 is 14.1 Å². The number of nitrogens with one attached hydrogen (secondary N) is 1. The lowest BCUT2D eigenvalue weighted by Gasteiger charge is -1.99. The van der Waals surface area contributed by atoms with Gasteiger partial charge in [-0.3, -0.25) is 4.79 Å². The molecule has 0 aliphatic carbocycles. The minimum atomic E-state index is -0.238. The van der Waals surface area contributed by atoms with Crippen LogP contribution in [-0.4, -0.2) is 15.3 Å². The van der Waals surface area contributed by atoms with Crippen LogP contribution in [-0.2, 0) is 6.54 Å². The molecule has 0 aliphatic heterocycles. The molecular formula is C14H13N3O2. The Bertz CT molecular complexity index is 713. The van der Waals surface area contributed by atoms with Gasteiger partial charge in [-0.15, -0.1) is 0 Å². The van der Waals surface area contributed by atoms with E-state index in [0.717, 1.165) is 16.9 Å². The van der Waals surface area contributed by atoms with E-state index in [4.69, 9.17) is 4.42 Å². The quantitative estimate of drug-likeness (QED) is 0.780. The largest absolute Gasteiger partial charge is 0.459 e. The molecule has 3 heterocycles. The minimum absolute atomic E-state index is 0.238. The highest BCUT2D eigenvalue weighted by Gasteiger charge is 2.09. The van der Waals surface area contributed by atoms with Crippen molar-refractivity contribution in [3.63, 3.8) is 0 Å². The molecular weight excluding hydrogens is 242 g/mol. The molecule has 1 N–H and O–H groups in total. The molecule has 0 spiro atoms. The van der Waals surface area contributed by atoms with Crippen LogP contribution in [0.1, 0.15) is 21.8 Å². The molecule has 3 aromatic heterocycles. The van der Waals surface area contributed by atoms with E-state index in [-0.39, 0.29) is 5.91 Å². The van der Waals surface area contributed by atoms with Crippen LogP contribution in [0.15, 0.2) is 47.3 Å². The molecule has 0 radical (unpaired) electrons. The molecule has 3 aromatic rings. The second-order valence-corrected chi connectivity index (χ2v) is 4.36. The molecule has 0 atom stereocenters. The number of pyridine rings is 1. The van der Waals surface area contributed by atoms with Crippen molar-refractivity contribution in [2.24, 2.45) is 0 Å². The molecule has 0 saturated heterocycles. The van der Waals surface area contributed by atoms with Gasteiger partial charge in [-0.2, -0.15) is 0 Å². The van der Waals surface area contributed by atoms with Gasteiger partial charge in [0.1, 0.15) is 5.65 Å². The maximum atomic E-state index is 11.7. The summed E-state index contributed by atoms with van der Waals surface area (Å²) in [5, 5.41) is 2.77. The minimum Gasteiger partial charge on any atom is -0.459 e. The van der Waals surface area contributed by atoms with E-state index in [0.29, 0.717) is 12.3 Å². The number of aryl methyl sites for hydroxylation is 1. The van der Waals surface area contributed by atoms with Crippen LogP contribution < -0.4 is 5.32 Å². The fourth-order valence-electron chi connectivity index (χ4n) is 1.91. The lowest BCUT2D eigenvalue weighted by molar-refractivity contribution is 0.0922. The maximum absolute atomic E-state index is 11.7. The molecule has 0 aromatic carbocycles. The highest BCUT2D eigenvalue weighted by Crippen LogP contribution is 2.07. The smallest absolute Gasteiger partial charge is 0.287 e. The first-order valence-corrected chi connectivity index (χ1v) is 5.98. The van der Waals surface area contributed by atoms with E-state index in [1.807, 2.05) is 35.9 Å². The number of amides is 1. The number of aromatic nitrogens is 2. The van der Waals surface area contributed by atoms with Gasteiger partial charge in [-0.25, -0.2) is 4.98 Å². The van der Waals surface area contributed by atoms with Gasteiger partial charge in [-0.05, 0) is 30.7 Å². The fourth-order valence-corrected chi connectivity index (χ4v) is 1.91. The molecule has 0 bridgehead atoms. The molecule has 5 nitrogen and oxygen atoms in total. The summed E-state index contributed by atoms with van der Waals surface area (Å²) in [5.41, 5.74) is 2.84. The molecule has 1 amide bonds. The van der Waals surface area contributed by atoms with E-state index < -0.39 is 0 Å². The third kappa shape index (κ3) is 2.35. The number of furan rings is 1. The average Bonchev–Trinajstić information content (AvgIpc) is 3.04. The molecule has 0 saturated carbocycles. The number of carbonyl (C=O) groups is 1. The highest BCUT2D eigenvalue weighted by atomic mass is 16.3. The lowest BCUT2D eigenvalue weighted by atomic mass is 10.3. The summed E-state index contributed by atoms with van der Waals surface area (Å²) < 4.78 is 6.97. The Labute approximate surface area is 109 Å². The monoisotopic (exact) mass is 255 g/mol. The topological polar surface area (TPSA) is 59.5 Å². The van der Waals surface area contributed by atoms with Gasteiger partial charge in [0.15, 0.2) is 5.76 Å². The van der Waals surface area contributed by atoms with Crippen LogP contribution in [0.5, 0.6) is 0 Å². The van der Waals surface area contributed by atoms with Crippen molar-refractivity contribution in [2.45, 2.75) is 13.5 Å². The predicted octanol–water partition coefficient (Wildman–Crippen LogP) is 2.17. The van der Waals surface area contributed by atoms with Crippen LogP contribution in [0.2, 0.25) is 0 Å². The zero-order chi connectivity index (χ0) is 13.2. The molecule has 3 rings (SSSR count). The fraction of sp³-hybridized carbons (Fsp3) is 0.143. The Balaban J connectivity index is 1.73. The van der Waals surface area contributed by atoms with Crippen molar-refractivity contribution in [3.8, 4) is 0 Å². The van der Waals surface area contributed by atoms with Gasteiger partial charge >= 0.3 is 0 Å². The second kappa shape index (κ2) is 4.61. The zero-order valence-electron chi connectivity index (χ0n) is 10.5. The normalized spacial score (nSPS) is 10.8. The summed E-state index contributed by atoms with van der Waals surface area (Å²) in [6.45, 7) is 2.40. The second-order valence-electron chi connectivity index (χ2n) is 4.36.